The summed E-state index contributed by atoms with van der Waals surface area (Å²) in [7, 11) is 0. The van der Waals surface area contributed by atoms with Crippen molar-refractivity contribution >= 4 is 23.2 Å². The van der Waals surface area contributed by atoms with Gasteiger partial charge in [-0.05, 0) is 12.2 Å². The highest BCUT2D eigenvalue weighted by Crippen LogP contribution is 2.09. The zero-order valence-electron chi connectivity index (χ0n) is 6.38. The first-order valence-electron chi connectivity index (χ1n) is 3.43. The van der Waals surface area contributed by atoms with Gasteiger partial charge < -0.3 is 5.32 Å². The van der Waals surface area contributed by atoms with Crippen LogP contribution in [-0.4, -0.2) is 21.2 Å². The van der Waals surface area contributed by atoms with Gasteiger partial charge in [0.1, 0.15) is 5.70 Å². The van der Waals surface area contributed by atoms with Gasteiger partial charge in [-0.25, -0.2) is 5.06 Å². The molecular formula is C6H5N5OS. The average Bonchev–Trinajstić information content (AvgIpc) is 2.52. The number of azo groups is 1. The molecule has 2 rings (SSSR count). The van der Waals surface area contributed by atoms with Crippen LogP contribution in [0.15, 0.2) is 39.5 Å². The van der Waals surface area contributed by atoms with Crippen molar-refractivity contribution in [2.24, 2.45) is 15.2 Å². The molecule has 0 aromatic carbocycles. The van der Waals surface area contributed by atoms with E-state index in [1.54, 1.807) is 6.20 Å². The molecule has 13 heavy (non-hydrogen) atoms. The topological polar surface area (TPSA) is 72.6 Å². The van der Waals surface area contributed by atoms with Gasteiger partial charge in [0, 0.05) is 12.4 Å². The molecule has 2 heterocycles. The molecular weight excluding hydrogens is 190 g/mol. The SMILES string of the molecule is ON1C=CNC(C2=NC(=S)N=N2)=C1. The lowest BCUT2D eigenvalue weighted by Gasteiger charge is -2.14. The molecule has 66 valence electrons. The Labute approximate surface area is 78.9 Å². The van der Waals surface area contributed by atoms with Gasteiger partial charge in [0.25, 0.3) is 0 Å². The Morgan fingerprint density at radius 3 is 2.92 bits per heavy atom. The molecule has 0 bridgehead atoms. The second-order valence-electron chi connectivity index (χ2n) is 2.30. The van der Waals surface area contributed by atoms with Crippen LogP contribution >= 0.6 is 12.2 Å². The Morgan fingerprint density at radius 1 is 1.46 bits per heavy atom. The van der Waals surface area contributed by atoms with E-state index in [0.29, 0.717) is 11.5 Å². The van der Waals surface area contributed by atoms with Gasteiger partial charge in [0.2, 0.25) is 10.9 Å². The zero-order valence-corrected chi connectivity index (χ0v) is 7.19. The highest BCUT2D eigenvalue weighted by molar-refractivity contribution is 7.80. The maximum absolute atomic E-state index is 9.08. The molecule has 6 nitrogen and oxygen atoms in total. The van der Waals surface area contributed by atoms with Crippen molar-refractivity contribution in [2.75, 3.05) is 0 Å². The Balaban J connectivity index is 2.23. The van der Waals surface area contributed by atoms with E-state index in [4.69, 9.17) is 17.4 Å². The Bertz CT molecular complexity index is 369. The van der Waals surface area contributed by atoms with Crippen molar-refractivity contribution in [3.8, 4) is 0 Å². The molecule has 0 saturated heterocycles. The quantitative estimate of drug-likeness (QED) is 0.605. The van der Waals surface area contributed by atoms with E-state index in [1.165, 1.54) is 12.4 Å². The number of hydrogen-bond donors (Lipinski definition) is 2. The lowest BCUT2D eigenvalue weighted by atomic mass is 10.4. The van der Waals surface area contributed by atoms with Crippen LogP contribution in [0.5, 0.6) is 0 Å². The normalized spacial score (nSPS) is 20.1. The van der Waals surface area contributed by atoms with Crippen molar-refractivity contribution in [3.63, 3.8) is 0 Å². The van der Waals surface area contributed by atoms with Gasteiger partial charge in [-0.15, -0.1) is 10.2 Å². The summed E-state index contributed by atoms with van der Waals surface area (Å²) < 4.78 is 0. The van der Waals surface area contributed by atoms with Crippen LogP contribution in [0, 0.1) is 0 Å². The van der Waals surface area contributed by atoms with E-state index in [9.17, 15) is 0 Å². The second-order valence-corrected chi connectivity index (χ2v) is 2.67. The van der Waals surface area contributed by atoms with Crippen LogP contribution in [-0.2, 0) is 0 Å². The molecule has 0 radical (unpaired) electrons. The molecule has 0 aromatic heterocycles. The third-order valence-electron chi connectivity index (χ3n) is 1.40. The smallest absolute Gasteiger partial charge is 0.242 e. The van der Waals surface area contributed by atoms with Crippen molar-refractivity contribution in [3.05, 3.63) is 24.3 Å². The van der Waals surface area contributed by atoms with Crippen LogP contribution in [0.3, 0.4) is 0 Å². The molecule has 0 spiro atoms. The third-order valence-corrected chi connectivity index (χ3v) is 1.57. The van der Waals surface area contributed by atoms with Crippen molar-refractivity contribution in [2.45, 2.75) is 0 Å². The van der Waals surface area contributed by atoms with Gasteiger partial charge in [0.15, 0.2) is 0 Å². The molecule has 0 amide bonds. The summed E-state index contributed by atoms with van der Waals surface area (Å²) in [5.41, 5.74) is 0.550. The monoisotopic (exact) mass is 195 g/mol. The summed E-state index contributed by atoms with van der Waals surface area (Å²) in [5.74, 6) is 0.369. The molecule has 0 saturated carbocycles. The van der Waals surface area contributed by atoms with Crippen LogP contribution in [0.1, 0.15) is 0 Å². The highest BCUT2D eigenvalue weighted by Gasteiger charge is 2.14. The summed E-state index contributed by atoms with van der Waals surface area (Å²) in [6.07, 6.45) is 4.41. The highest BCUT2D eigenvalue weighted by atomic mass is 32.1. The van der Waals surface area contributed by atoms with Crippen LogP contribution < -0.4 is 5.32 Å². The van der Waals surface area contributed by atoms with Crippen molar-refractivity contribution < 1.29 is 5.21 Å². The average molecular weight is 195 g/mol. The second kappa shape index (κ2) is 3.04. The molecule has 2 N–H and O–H groups in total. The number of nitrogens with zero attached hydrogens (tertiary/aromatic N) is 4. The Hall–Kier alpha value is -1.60. The first-order chi connectivity index (χ1) is 6.25. The largest absolute Gasteiger partial charge is 0.356 e. The van der Waals surface area contributed by atoms with E-state index in [2.05, 4.69) is 20.5 Å². The van der Waals surface area contributed by atoms with E-state index in [-0.39, 0.29) is 5.11 Å². The van der Waals surface area contributed by atoms with Crippen LogP contribution in [0.25, 0.3) is 0 Å². The fraction of sp³-hybridized carbons (Fsp3) is 0. The maximum Gasteiger partial charge on any atom is 0.242 e. The number of hydrogen-bond acceptors (Lipinski definition) is 5. The maximum atomic E-state index is 9.08. The summed E-state index contributed by atoms with van der Waals surface area (Å²) in [5, 5.41) is 20.3. The number of thiocarbonyl (C=S) groups is 1. The summed E-state index contributed by atoms with van der Waals surface area (Å²) >= 11 is 4.70. The van der Waals surface area contributed by atoms with Gasteiger partial charge in [-0.2, -0.15) is 4.99 Å². The van der Waals surface area contributed by atoms with Crippen LogP contribution in [0.2, 0.25) is 0 Å². The fourth-order valence-corrected chi connectivity index (χ4v) is 1.01. The zero-order chi connectivity index (χ0) is 9.26. The minimum atomic E-state index is 0.191. The molecule has 0 fully saturated rings. The van der Waals surface area contributed by atoms with E-state index >= 15 is 0 Å². The van der Waals surface area contributed by atoms with Gasteiger partial charge in [0.05, 0.1) is 6.20 Å². The van der Waals surface area contributed by atoms with Gasteiger partial charge >= 0.3 is 0 Å². The van der Waals surface area contributed by atoms with Gasteiger partial charge in [-0.3, -0.25) is 5.21 Å². The molecule has 0 aliphatic carbocycles. The van der Waals surface area contributed by atoms with E-state index < -0.39 is 0 Å². The summed E-state index contributed by atoms with van der Waals surface area (Å²) in [6, 6.07) is 0. The molecule has 0 atom stereocenters. The lowest BCUT2D eigenvalue weighted by molar-refractivity contribution is 0.00842. The Kier molecular flexibility index (Phi) is 1.87. The molecule has 7 heteroatoms. The van der Waals surface area contributed by atoms with Crippen molar-refractivity contribution in [1.82, 2.24) is 10.4 Å². The minimum Gasteiger partial charge on any atom is -0.356 e. The predicted molar refractivity (Wildman–Crippen MR) is 48.9 cm³/mol. The van der Waals surface area contributed by atoms with Crippen LogP contribution in [0.4, 0.5) is 0 Å². The van der Waals surface area contributed by atoms with E-state index in [0.717, 1.165) is 5.06 Å². The third kappa shape index (κ3) is 1.60. The van der Waals surface area contributed by atoms with Crippen molar-refractivity contribution in [1.29, 1.82) is 0 Å². The number of rotatable bonds is 1. The molecule has 0 unspecified atom stereocenters. The number of nitrogens with one attached hydrogen (secondary N) is 1. The number of hydroxylamine groups is 2. The fourth-order valence-electron chi connectivity index (χ4n) is 0.878. The van der Waals surface area contributed by atoms with Gasteiger partial charge in [-0.1, -0.05) is 0 Å². The minimum absolute atomic E-state index is 0.191. The molecule has 2 aliphatic rings. The Morgan fingerprint density at radius 2 is 2.31 bits per heavy atom. The standard InChI is InChI=1S/C6H5N5OS/c12-11-2-1-7-4(3-11)5-8-6(13)10-9-5/h1-3,7,12H. The number of aliphatic imine (C=N–C) groups is 1. The first kappa shape index (κ1) is 8.02. The lowest BCUT2D eigenvalue weighted by Crippen LogP contribution is -2.21. The summed E-state index contributed by atoms with van der Waals surface area (Å²) in [6.45, 7) is 0. The number of amidine groups is 1. The molecule has 0 aromatic rings. The molecule has 2 aliphatic heterocycles. The van der Waals surface area contributed by atoms with E-state index in [1.807, 2.05) is 0 Å². The first-order valence-corrected chi connectivity index (χ1v) is 3.83. The predicted octanol–water partition coefficient (Wildman–Crippen LogP) is 0.743. The summed E-state index contributed by atoms with van der Waals surface area (Å²) in [4.78, 5) is 3.86.